The molecule has 112 valence electrons. The van der Waals surface area contributed by atoms with Gasteiger partial charge in [-0.3, -0.25) is 4.79 Å². The summed E-state index contributed by atoms with van der Waals surface area (Å²) in [4.78, 5) is 10.3. The molecule has 0 aromatic rings. The Kier molecular flexibility index (Phi) is 14.4. The lowest BCUT2D eigenvalue weighted by molar-refractivity contribution is -0.137. The molecule has 0 saturated heterocycles. The van der Waals surface area contributed by atoms with E-state index in [-0.39, 0.29) is 6.42 Å². The molecule has 0 amide bonds. The molecular weight excluding hydrogens is 248 g/mol. The first kappa shape index (κ1) is 18.5. The van der Waals surface area contributed by atoms with E-state index >= 15 is 0 Å². The first-order valence-electron chi connectivity index (χ1n) is 7.75. The summed E-state index contributed by atoms with van der Waals surface area (Å²) in [5, 5.41) is 8.47. The third kappa shape index (κ3) is 16.5. The fraction of sp³-hybridized carbons (Fsp3) is 0.611. The van der Waals surface area contributed by atoms with Gasteiger partial charge >= 0.3 is 5.97 Å². The van der Waals surface area contributed by atoms with Crippen LogP contribution < -0.4 is 0 Å². The number of hydrogen-bond acceptors (Lipinski definition) is 1. The molecule has 0 aromatic carbocycles. The minimum absolute atomic E-state index is 0.256. The van der Waals surface area contributed by atoms with E-state index in [4.69, 9.17) is 5.11 Å². The maximum Gasteiger partial charge on any atom is 0.303 e. The summed E-state index contributed by atoms with van der Waals surface area (Å²) in [6.07, 6.45) is 18.3. The van der Waals surface area contributed by atoms with Gasteiger partial charge in [0.05, 0.1) is 0 Å². The van der Waals surface area contributed by atoms with E-state index in [2.05, 4.69) is 43.1 Å². The van der Waals surface area contributed by atoms with Crippen molar-refractivity contribution in [2.75, 3.05) is 0 Å². The molecule has 0 unspecified atom stereocenters. The molecule has 0 aromatic heterocycles. The molecule has 0 saturated carbocycles. The lowest BCUT2D eigenvalue weighted by Crippen LogP contribution is -1.92. The van der Waals surface area contributed by atoms with E-state index in [1.807, 2.05) is 0 Å². The van der Waals surface area contributed by atoms with Crippen LogP contribution in [-0.4, -0.2) is 11.1 Å². The Balaban J connectivity index is 3.37. The Morgan fingerprint density at radius 3 is 2.55 bits per heavy atom. The Bertz CT molecular complexity index is 342. The second-order valence-electron chi connectivity index (χ2n) is 4.83. The normalized spacial score (nSPS) is 10.8. The van der Waals surface area contributed by atoms with Crippen molar-refractivity contribution in [3.63, 3.8) is 0 Å². The predicted octanol–water partition coefficient (Wildman–Crippen LogP) is 5.11. The molecule has 0 aliphatic carbocycles. The highest BCUT2D eigenvalue weighted by Gasteiger charge is 1.93. The van der Waals surface area contributed by atoms with Crippen LogP contribution in [0.15, 0.2) is 24.3 Å². The van der Waals surface area contributed by atoms with E-state index in [1.54, 1.807) is 0 Å². The van der Waals surface area contributed by atoms with Gasteiger partial charge < -0.3 is 5.11 Å². The van der Waals surface area contributed by atoms with Gasteiger partial charge in [-0.15, -0.1) is 5.92 Å². The number of hydrogen-bond donors (Lipinski definition) is 1. The van der Waals surface area contributed by atoms with Crippen LogP contribution in [0.2, 0.25) is 0 Å². The monoisotopic (exact) mass is 276 g/mol. The van der Waals surface area contributed by atoms with Gasteiger partial charge in [0.1, 0.15) is 0 Å². The van der Waals surface area contributed by atoms with E-state index in [9.17, 15) is 4.79 Å². The molecule has 1 N–H and O–H groups in total. The van der Waals surface area contributed by atoms with Crippen LogP contribution in [0, 0.1) is 11.8 Å². The maximum atomic E-state index is 10.3. The van der Waals surface area contributed by atoms with Crippen LogP contribution in [0.3, 0.4) is 0 Å². The van der Waals surface area contributed by atoms with Crippen molar-refractivity contribution in [1.29, 1.82) is 0 Å². The fourth-order valence-electron chi connectivity index (χ4n) is 1.69. The number of carbonyl (C=O) groups is 1. The topological polar surface area (TPSA) is 37.3 Å². The number of aliphatic carboxylic acids is 1. The highest BCUT2D eigenvalue weighted by atomic mass is 16.4. The van der Waals surface area contributed by atoms with Gasteiger partial charge in [-0.2, -0.15) is 0 Å². The minimum atomic E-state index is -0.719. The van der Waals surface area contributed by atoms with Crippen molar-refractivity contribution in [2.24, 2.45) is 0 Å². The largest absolute Gasteiger partial charge is 0.481 e. The van der Waals surface area contributed by atoms with Gasteiger partial charge in [0.2, 0.25) is 0 Å². The highest BCUT2D eigenvalue weighted by molar-refractivity contribution is 5.66. The van der Waals surface area contributed by atoms with Gasteiger partial charge in [-0.25, -0.2) is 0 Å². The van der Waals surface area contributed by atoms with Crippen molar-refractivity contribution >= 4 is 5.97 Å². The second-order valence-corrected chi connectivity index (χ2v) is 4.83. The Hall–Kier alpha value is -1.49. The Morgan fingerprint density at radius 2 is 1.80 bits per heavy atom. The molecule has 0 spiro atoms. The summed E-state index contributed by atoms with van der Waals surface area (Å²) in [6.45, 7) is 2.22. The van der Waals surface area contributed by atoms with Gasteiger partial charge in [0, 0.05) is 19.3 Å². The number of unbranched alkanes of at least 4 members (excludes halogenated alkanes) is 5. The van der Waals surface area contributed by atoms with E-state index in [0.29, 0.717) is 0 Å². The van der Waals surface area contributed by atoms with Gasteiger partial charge in [0.15, 0.2) is 0 Å². The third-order valence-electron chi connectivity index (χ3n) is 2.87. The molecule has 20 heavy (non-hydrogen) atoms. The predicted molar refractivity (Wildman–Crippen MR) is 85.5 cm³/mol. The number of rotatable bonds is 11. The van der Waals surface area contributed by atoms with Crippen LogP contribution in [0.25, 0.3) is 0 Å². The highest BCUT2D eigenvalue weighted by Crippen LogP contribution is 2.01. The second kappa shape index (κ2) is 15.6. The molecule has 2 heteroatoms. The molecule has 0 atom stereocenters. The van der Waals surface area contributed by atoms with Crippen molar-refractivity contribution in [3.8, 4) is 11.8 Å². The first-order chi connectivity index (χ1) is 9.77. The molecule has 2 nitrogen and oxygen atoms in total. The van der Waals surface area contributed by atoms with Crippen molar-refractivity contribution in [2.45, 2.75) is 71.1 Å². The third-order valence-corrected chi connectivity index (χ3v) is 2.87. The molecule has 0 rings (SSSR count). The first-order valence-corrected chi connectivity index (χ1v) is 7.75. The zero-order valence-corrected chi connectivity index (χ0v) is 12.7. The summed E-state index contributed by atoms with van der Waals surface area (Å²) >= 11 is 0. The average molecular weight is 276 g/mol. The quantitative estimate of drug-likeness (QED) is 0.323. The zero-order chi connectivity index (χ0) is 14.9. The van der Waals surface area contributed by atoms with Crippen LogP contribution in [0.5, 0.6) is 0 Å². The van der Waals surface area contributed by atoms with Crippen LogP contribution in [-0.2, 0) is 4.79 Å². The Labute approximate surface area is 124 Å². The summed E-state index contributed by atoms with van der Waals surface area (Å²) in [6, 6.07) is 0. The van der Waals surface area contributed by atoms with E-state index in [0.717, 1.165) is 32.1 Å². The summed E-state index contributed by atoms with van der Waals surface area (Å²) in [5.41, 5.74) is 0. The van der Waals surface area contributed by atoms with Gasteiger partial charge in [-0.05, 0) is 32.1 Å². The number of allylic oxidation sites excluding steroid dienone is 4. The molecular formula is C18H28O2. The van der Waals surface area contributed by atoms with Crippen molar-refractivity contribution in [1.82, 2.24) is 0 Å². The number of carboxylic acids is 1. The minimum Gasteiger partial charge on any atom is -0.481 e. The SMILES string of the molecule is CCCCC/C=C/C/C=C\CC#CCCCCC(=O)O. The Morgan fingerprint density at radius 1 is 1.00 bits per heavy atom. The van der Waals surface area contributed by atoms with Crippen LogP contribution in [0.4, 0.5) is 0 Å². The molecule has 0 fully saturated rings. The van der Waals surface area contributed by atoms with Crippen molar-refractivity contribution in [3.05, 3.63) is 24.3 Å². The van der Waals surface area contributed by atoms with E-state index in [1.165, 1.54) is 25.7 Å². The maximum absolute atomic E-state index is 10.3. The van der Waals surface area contributed by atoms with Crippen molar-refractivity contribution < 1.29 is 9.90 Å². The smallest absolute Gasteiger partial charge is 0.303 e. The summed E-state index contributed by atoms with van der Waals surface area (Å²) in [5.74, 6) is 5.44. The fourth-order valence-corrected chi connectivity index (χ4v) is 1.69. The van der Waals surface area contributed by atoms with Gasteiger partial charge in [0.25, 0.3) is 0 Å². The molecule has 0 aliphatic heterocycles. The zero-order valence-electron chi connectivity index (χ0n) is 12.7. The van der Waals surface area contributed by atoms with Crippen LogP contribution >= 0.6 is 0 Å². The lowest BCUT2D eigenvalue weighted by Gasteiger charge is -1.91. The van der Waals surface area contributed by atoms with E-state index < -0.39 is 5.97 Å². The number of carboxylic acid groups (broad SMARTS) is 1. The molecule has 0 bridgehead atoms. The van der Waals surface area contributed by atoms with Crippen LogP contribution in [0.1, 0.15) is 71.1 Å². The summed E-state index contributed by atoms with van der Waals surface area (Å²) in [7, 11) is 0. The van der Waals surface area contributed by atoms with Gasteiger partial charge in [-0.1, -0.05) is 50.0 Å². The summed E-state index contributed by atoms with van der Waals surface area (Å²) < 4.78 is 0. The molecule has 0 aliphatic rings. The standard InChI is InChI=1S/C18H28O2/c1-2-3-4-5-6-7-8-9-10-11-12-13-14-15-16-17-18(19)20/h6-7,9-10H,2-5,8,11,14-17H2,1H3,(H,19,20)/b7-6+,10-9-. The average Bonchev–Trinajstić information content (AvgIpc) is 2.43. The lowest BCUT2D eigenvalue weighted by atomic mass is 10.2. The molecule has 0 heterocycles. The molecule has 0 radical (unpaired) electrons.